The Morgan fingerprint density at radius 1 is 1.11 bits per heavy atom. The number of piperazine rings is 1. The number of rotatable bonds is 11. The molecule has 3 saturated heterocycles. The SMILES string of the molecule is CCCCN1C(=O)[C@@H]([C@H](O)C2CCOCC2)NC(=O)C12CCN(Cc1ccc(Cc3ccc(C(=O)NC)cc3OC)cc1)CC2.Cl. The van der Waals surface area contributed by atoms with Crippen LogP contribution in [0.3, 0.4) is 0 Å². The number of likely N-dealkylation sites (tertiary alicyclic amines) is 1. The van der Waals surface area contributed by atoms with Crippen molar-refractivity contribution in [2.45, 2.75) is 76.1 Å². The van der Waals surface area contributed by atoms with E-state index in [1.807, 2.05) is 17.0 Å². The molecule has 3 amide bonds. The highest BCUT2D eigenvalue weighted by Gasteiger charge is 2.55. The minimum atomic E-state index is -0.905. The number of methoxy groups -OCH3 is 1. The molecular formula is C35H49ClN4O6. The fourth-order valence-electron chi connectivity index (χ4n) is 7.03. The highest BCUT2D eigenvalue weighted by Crippen LogP contribution is 2.36. The molecule has 0 aliphatic carbocycles. The predicted octanol–water partition coefficient (Wildman–Crippen LogP) is 3.32. The molecule has 2 aromatic rings. The summed E-state index contributed by atoms with van der Waals surface area (Å²) in [6.45, 7) is 5.92. The average molecular weight is 657 g/mol. The van der Waals surface area contributed by atoms with Crippen LogP contribution in [0.5, 0.6) is 5.75 Å². The monoisotopic (exact) mass is 656 g/mol. The maximum atomic E-state index is 13.9. The quantitative estimate of drug-likeness (QED) is 0.340. The number of unbranched alkanes of at least 4 members (excludes halogenated alkanes) is 1. The number of nitrogens with zero attached hydrogens (tertiary/aromatic N) is 2. The zero-order valence-electron chi connectivity index (χ0n) is 27.3. The number of carbonyl (C=O) groups excluding carboxylic acids is 3. The van der Waals surface area contributed by atoms with Crippen LogP contribution in [0.15, 0.2) is 42.5 Å². The normalized spacial score (nSPS) is 21.0. The molecule has 2 aromatic carbocycles. The van der Waals surface area contributed by atoms with Gasteiger partial charge in [0, 0.05) is 58.4 Å². The molecule has 0 bridgehead atoms. The van der Waals surface area contributed by atoms with E-state index in [1.54, 1.807) is 20.2 Å². The third kappa shape index (κ3) is 7.68. The summed E-state index contributed by atoms with van der Waals surface area (Å²) in [5.74, 6) is 0.207. The number of amides is 3. The van der Waals surface area contributed by atoms with Gasteiger partial charge in [0.2, 0.25) is 11.8 Å². The van der Waals surface area contributed by atoms with Gasteiger partial charge in [0.05, 0.1) is 13.2 Å². The summed E-state index contributed by atoms with van der Waals surface area (Å²) in [7, 11) is 3.22. The van der Waals surface area contributed by atoms with Gasteiger partial charge >= 0.3 is 0 Å². The van der Waals surface area contributed by atoms with E-state index in [0.29, 0.717) is 76.3 Å². The van der Waals surface area contributed by atoms with Crippen LogP contribution in [0, 0.1) is 5.92 Å². The van der Waals surface area contributed by atoms with E-state index in [0.717, 1.165) is 30.5 Å². The molecule has 10 nitrogen and oxygen atoms in total. The Balaban J connectivity index is 0.00000480. The first-order chi connectivity index (χ1) is 21.8. The van der Waals surface area contributed by atoms with Crippen LogP contribution in [0.25, 0.3) is 0 Å². The molecule has 3 N–H and O–H groups in total. The third-order valence-electron chi connectivity index (χ3n) is 9.87. The zero-order chi connectivity index (χ0) is 32.0. The molecule has 3 aliphatic rings. The lowest BCUT2D eigenvalue weighted by Crippen LogP contribution is -2.75. The number of carbonyl (C=O) groups is 3. The van der Waals surface area contributed by atoms with E-state index in [4.69, 9.17) is 9.47 Å². The molecule has 0 unspecified atom stereocenters. The van der Waals surface area contributed by atoms with Crippen LogP contribution in [0.2, 0.25) is 0 Å². The number of hydrogen-bond acceptors (Lipinski definition) is 7. The summed E-state index contributed by atoms with van der Waals surface area (Å²) < 4.78 is 11.0. The Morgan fingerprint density at radius 3 is 2.41 bits per heavy atom. The van der Waals surface area contributed by atoms with Crippen LogP contribution < -0.4 is 15.4 Å². The summed E-state index contributed by atoms with van der Waals surface area (Å²) in [5.41, 5.74) is 3.03. The Bertz CT molecular complexity index is 1340. The number of ether oxygens (including phenoxy) is 2. The van der Waals surface area contributed by atoms with Gasteiger partial charge in [0.15, 0.2) is 0 Å². The second-order valence-electron chi connectivity index (χ2n) is 12.6. The minimum absolute atomic E-state index is 0. The minimum Gasteiger partial charge on any atom is -0.496 e. The van der Waals surface area contributed by atoms with Crippen molar-refractivity contribution in [2.24, 2.45) is 5.92 Å². The van der Waals surface area contributed by atoms with E-state index < -0.39 is 17.7 Å². The van der Waals surface area contributed by atoms with Crippen LogP contribution in [0.1, 0.15) is 72.5 Å². The number of nitrogens with one attached hydrogen (secondary N) is 2. The highest BCUT2D eigenvalue weighted by molar-refractivity contribution is 6.00. The van der Waals surface area contributed by atoms with Gasteiger partial charge < -0.3 is 30.1 Å². The second-order valence-corrected chi connectivity index (χ2v) is 12.6. The van der Waals surface area contributed by atoms with Crippen LogP contribution in [0.4, 0.5) is 0 Å². The summed E-state index contributed by atoms with van der Waals surface area (Å²) in [6, 6.07) is 13.1. The van der Waals surface area contributed by atoms with Crippen molar-refractivity contribution in [3.8, 4) is 5.75 Å². The van der Waals surface area contributed by atoms with Crippen molar-refractivity contribution >= 4 is 30.1 Å². The van der Waals surface area contributed by atoms with Gasteiger partial charge in [-0.15, -0.1) is 12.4 Å². The van der Waals surface area contributed by atoms with Gasteiger partial charge in [-0.2, -0.15) is 0 Å². The Labute approximate surface area is 278 Å². The fourth-order valence-corrected chi connectivity index (χ4v) is 7.03. The summed E-state index contributed by atoms with van der Waals surface area (Å²) in [5, 5.41) is 16.8. The maximum Gasteiger partial charge on any atom is 0.251 e. The number of piperidine rings is 1. The first-order valence-corrected chi connectivity index (χ1v) is 16.4. The van der Waals surface area contributed by atoms with Crippen LogP contribution >= 0.6 is 12.4 Å². The molecular weight excluding hydrogens is 608 g/mol. The Kier molecular flexibility index (Phi) is 12.5. The molecule has 3 aliphatic heterocycles. The molecule has 252 valence electrons. The molecule has 0 radical (unpaired) electrons. The first kappa shape index (κ1) is 35.7. The standard InChI is InChI=1S/C35H48N4O6.ClH/c1-4-5-16-39-33(42)30(31(40)26-12-19-45-20-13-26)37-34(43)35(39)14-17-38(18-15-35)23-25-8-6-24(7-9-25)21-27-10-11-28(32(41)36-2)22-29(27)44-3;/h6-11,22,26,30-31,40H,4-5,12-21,23H2,1-3H3,(H,36,41)(H,37,43);1H/t30-,31-;/m1./s1. The van der Waals surface area contributed by atoms with Crippen molar-refractivity contribution in [1.82, 2.24) is 20.4 Å². The second kappa shape index (κ2) is 16.1. The smallest absolute Gasteiger partial charge is 0.251 e. The van der Waals surface area contributed by atoms with Crippen molar-refractivity contribution in [1.29, 1.82) is 0 Å². The first-order valence-electron chi connectivity index (χ1n) is 16.4. The summed E-state index contributed by atoms with van der Waals surface area (Å²) in [4.78, 5) is 43.8. The number of aliphatic hydroxyl groups excluding tert-OH is 1. The Morgan fingerprint density at radius 2 is 1.78 bits per heavy atom. The third-order valence-corrected chi connectivity index (χ3v) is 9.87. The van der Waals surface area contributed by atoms with Crippen LogP contribution in [-0.2, 0) is 27.3 Å². The zero-order valence-corrected chi connectivity index (χ0v) is 28.1. The van der Waals surface area contributed by atoms with Crippen molar-refractivity contribution in [3.05, 3.63) is 64.7 Å². The molecule has 0 saturated carbocycles. The van der Waals surface area contributed by atoms with Crippen molar-refractivity contribution in [3.63, 3.8) is 0 Å². The lowest BCUT2D eigenvalue weighted by atomic mass is 9.79. The number of hydrogen-bond donors (Lipinski definition) is 3. The molecule has 46 heavy (non-hydrogen) atoms. The fraction of sp³-hybridized carbons (Fsp3) is 0.571. The molecule has 5 rings (SSSR count). The van der Waals surface area contributed by atoms with Crippen molar-refractivity contribution in [2.75, 3.05) is 47.0 Å². The number of aliphatic hydroxyl groups is 1. The Hall–Kier alpha value is -3.18. The lowest BCUT2D eigenvalue weighted by Gasteiger charge is -2.52. The van der Waals surface area contributed by atoms with Gasteiger partial charge in [-0.1, -0.05) is 43.7 Å². The maximum absolute atomic E-state index is 13.9. The highest BCUT2D eigenvalue weighted by atomic mass is 35.5. The van der Waals surface area contributed by atoms with Gasteiger partial charge in [0.25, 0.3) is 5.91 Å². The predicted molar refractivity (Wildman–Crippen MR) is 178 cm³/mol. The van der Waals surface area contributed by atoms with Gasteiger partial charge in [-0.3, -0.25) is 19.3 Å². The van der Waals surface area contributed by atoms with E-state index in [-0.39, 0.29) is 36.0 Å². The van der Waals surface area contributed by atoms with E-state index in [1.165, 1.54) is 5.56 Å². The number of halogens is 1. The molecule has 3 fully saturated rings. The van der Waals surface area contributed by atoms with Gasteiger partial charge in [-0.25, -0.2) is 0 Å². The van der Waals surface area contributed by atoms with Gasteiger partial charge in [0.1, 0.15) is 17.3 Å². The topological polar surface area (TPSA) is 120 Å². The molecule has 11 heteroatoms. The lowest BCUT2D eigenvalue weighted by molar-refractivity contribution is -0.166. The molecule has 1 spiro atoms. The van der Waals surface area contributed by atoms with E-state index >= 15 is 0 Å². The average Bonchev–Trinajstić information content (AvgIpc) is 3.08. The molecule has 2 atom stereocenters. The van der Waals surface area contributed by atoms with Gasteiger partial charge in [-0.05, 0) is 66.8 Å². The van der Waals surface area contributed by atoms with E-state index in [2.05, 4.69) is 46.7 Å². The summed E-state index contributed by atoms with van der Waals surface area (Å²) in [6.07, 6.45) is 4.04. The van der Waals surface area contributed by atoms with Crippen molar-refractivity contribution < 1.29 is 29.0 Å². The summed E-state index contributed by atoms with van der Waals surface area (Å²) >= 11 is 0. The molecule has 3 heterocycles. The van der Waals surface area contributed by atoms with Crippen LogP contribution in [-0.4, -0.2) is 97.3 Å². The molecule has 0 aromatic heterocycles. The van der Waals surface area contributed by atoms with E-state index in [9.17, 15) is 19.5 Å². The number of benzene rings is 2. The largest absolute Gasteiger partial charge is 0.496 e.